The van der Waals surface area contributed by atoms with Crippen LogP contribution in [0.15, 0.2) is 18.2 Å². The van der Waals surface area contributed by atoms with Gasteiger partial charge in [-0.05, 0) is 62.8 Å². The van der Waals surface area contributed by atoms with Gasteiger partial charge in [0.2, 0.25) is 10.0 Å². The van der Waals surface area contributed by atoms with Crippen LogP contribution in [0.25, 0.3) is 0 Å². The number of sulfonamides is 1. The van der Waals surface area contributed by atoms with E-state index in [4.69, 9.17) is 0 Å². The summed E-state index contributed by atoms with van der Waals surface area (Å²) in [6.45, 7) is 2.41. The van der Waals surface area contributed by atoms with Crippen LogP contribution in [-0.4, -0.2) is 56.7 Å². The summed E-state index contributed by atoms with van der Waals surface area (Å²) < 4.78 is 25.7. The standard InChI is InChI=1S/C19H27N3O3S/c1-13-10-16(22-8-3-9-26(22,24)25)6-7-18(13)19(23)21(2)17-11-14-4-5-15(12-17)20-14/h6-7,10,14-15,17,20H,3-5,8-9,11-12H2,1-2H3. The van der Waals surface area contributed by atoms with E-state index in [2.05, 4.69) is 5.32 Å². The minimum Gasteiger partial charge on any atom is -0.339 e. The minimum absolute atomic E-state index is 0.0321. The van der Waals surface area contributed by atoms with E-state index in [0.717, 1.165) is 18.4 Å². The van der Waals surface area contributed by atoms with E-state index >= 15 is 0 Å². The first-order valence-electron chi connectivity index (χ1n) is 9.49. The fraction of sp³-hybridized carbons (Fsp3) is 0.632. The number of nitrogens with zero attached hydrogens (tertiary/aromatic N) is 2. The van der Waals surface area contributed by atoms with Crippen molar-refractivity contribution in [1.82, 2.24) is 10.2 Å². The Morgan fingerprint density at radius 1 is 1.23 bits per heavy atom. The molecule has 142 valence electrons. The van der Waals surface area contributed by atoms with Crippen LogP contribution in [0, 0.1) is 6.92 Å². The van der Waals surface area contributed by atoms with E-state index in [9.17, 15) is 13.2 Å². The Morgan fingerprint density at radius 3 is 2.50 bits per heavy atom. The van der Waals surface area contributed by atoms with Crippen LogP contribution in [-0.2, 0) is 10.0 Å². The number of amides is 1. The Morgan fingerprint density at radius 2 is 1.92 bits per heavy atom. The summed E-state index contributed by atoms with van der Waals surface area (Å²) in [6, 6.07) is 6.74. The summed E-state index contributed by atoms with van der Waals surface area (Å²) in [6.07, 6.45) is 5.11. The minimum atomic E-state index is -3.20. The Bertz CT molecular complexity index is 811. The van der Waals surface area contributed by atoms with Gasteiger partial charge in [-0.3, -0.25) is 9.10 Å². The molecule has 3 fully saturated rings. The van der Waals surface area contributed by atoms with Crippen LogP contribution in [0.3, 0.4) is 0 Å². The van der Waals surface area contributed by atoms with E-state index < -0.39 is 10.0 Å². The molecular weight excluding hydrogens is 350 g/mol. The van der Waals surface area contributed by atoms with Crippen molar-refractivity contribution < 1.29 is 13.2 Å². The molecule has 4 rings (SSSR count). The Kier molecular flexibility index (Phi) is 4.47. The molecule has 1 amide bonds. The molecule has 1 N–H and O–H groups in total. The van der Waals surface area contributed by atoms with Crippen molar-refractivity contribution in [3.05, 3.63) is 29.3 Å². The first kappa shape index (κ1) is 17.8. The molecule has 6 nitrogen and oxygen atoms in total. The lowest BCUT2D eigenvalue weighted by Crippen LogP contribution is -2.48. The molecule has 0 aliphatic carbocycles. The number of carbonyl (C=O) groups excluding carboxylic acids is 1. The van der Waals surface area contributed by atoms with Gasteiger partial charge in [0.15, 0.2) is 0 Å². The molecule has 2 bridgehead atoms. The lowest BCUT2D eigenvalue weighted by atomic mass is 9.97. The summed E-state index contributed by atoms with van der Waals surface area (Å²) in [5.41, 5.74) is 2.16. The number of rotatable bonds is 3. The predicted octanol–water partition coefficient (Wildman–Crippen LogP) is 1.89. The topological polar surface area (TPSA) is 69.7 Å². The van der Waals surface area contributed by atoms with Gasteiger partial charge < -0.3 is 10.2 Å². The monoisotopic (exact) mass is 377 g/mol. The van der Waals surface area contributed by atoms with Gasteiger partial charge in [0.25, 0.3) is 5.91 Å². The maximum atomic E-state index is 13.0. The van der Waals surface area contributed by atoms with Crippen molar-refractivity contribution in [2.24, 2.45) is 0 Å². The zero-order chi connectivity index (χ0) is 18.5. The second kappa shape index (κ2) is 6.53. The summed E-state index contributed by atoms with van der Waals surface area (Å²) in [4.78, 5) is 14.9. The average Bonchev–Trinajstić information content (AvgIpc) is 3.13. The van der Waals surface area contributed by atoms with E-state index in [-0.39, 0.29) is 17.7 Å². The maximum absolute atomic E-state index is 13.0. The van der Waals surface area contributed by atoms with Gasteiger partial charge in [-0.2, -0.15) is 0 Å². The van der Waals surface area contributed by atoms with E-state index in [1.54, 1.807) is 12.1 Å². The number of carbonyl (C=O) groups is 1. The number of hydrogen-bond donors (Lipinski definition) is 1. The van der Waals surface area contributed by atoms with Crippen LogP contribution < -0.4 is 9.62 Å². The fourth-order valence-corrected chi connectivity index (χ4v) is 6.23. The van der Waals surface area contributed by atoms with Crippen molar-refractivity contribution in [3.63, 3.8) is 0 Å². The molecule has 0 radical (unpaired) electrons. The zero-order valence-electron chi connectivity index (χ0n) is 15.4. The average molecular weight is 378 g/mol. The Labute approximate surface area is 155 Å². The Hall–Kier alpha value is -1.60. The molecule has 2 atom stereocenters. The molecular formula is C19H27N3O3S. The molecule has 3 saturated heterocycles. The Balaban J connectivity index is 1.53. The third kappa shape index (κ3) is 3.11. The van der Waals surface area contributed by atoms with E-state index in [1.807, 2.05) is 24.9 Å². The second-order valence-electron chi connectivity index (χ2n) is 7.92. The smallest absolute Gasteiger partial charge is 0.254 e. The van der Waals surface area contributed by atoms with Gasteiger partial charge in [0, 0.05) is 37.3 Å². The summed E-state index contributed by atoms with van der Waals surface area (Å²) in [5, 5.41) is 3.61. The number of anilines is 1. The lowest BCUT2D eigenvalue weighted by Gasteiger charge is -2.36. The highest BCUT2D eigenvalue weighted by Gasteiger charge is 2.37. The van der Waals surface area contributed by atoms with Crippen LogP contribution >= 0.6 is 0 Å². The fourth-order valence-electron chi connectivity index (χ4n) is 4.67. The largest absolute Gasteiger partial charge is 0.339 e. The lowest BCUT2D eigenvalue weighted by molar-refractivity contribution is 0.0681. The van der Waals surface area contributed by atoms with Gasteiger partial charge in [0.05, 0.1) is 11.4 Å². The molecule has 3 aliphatic rings. The molecule has 26 heavy (non-hydrogen) atoms. The summed E-state index contributed by atoms with van der Waals surface area (Å²) in [7, 11) is -1.30. The van der Waals surface area contributed by atoms with Crippen molar-refractivity contribution in [3.8, 4) is 0 Å². The van der Waals surface area contributed by atoms with Gasteiger partial charge in [-0.15, -0.1) is 0 Å². The van der Waals surface area contributed by atoms with Crippen LogP contribution in [0.1, 0.15) is 48.0 Å². The predicted molar refractivity (Wildman–Crippen MR) is 102 cm³/mol. The molecule has 0 aromatic heterocycles. The highest BCUT2D eigenvalue weighted by atomic mass is 32.2. The van der Waals surface area contributed by atoms with Crippen molar-refractivity contribution >= 4 is 21.6 Å². The number of aryl methyl sites for hydroxylation is 1. The van der Waals surface area contributed by atoms with Gasteiger partial charge in [-0.25, -0.2) is 8.42 Å². The number of piperidine rings is 1. The molecule has 7 heteroatoms. The quantitative estimate of drug-likeness (QED) is 0.873. The molecule has 3 heterocycles. The second-order valence-corrected chi connectivity index (χ2v) is 9.93. The van der Waals surface area contributed by atoms with Gasteiger partial charge >= 0.3 is 0 Å². The van der Waals surface area contributed by atoms with Crippen molar-refractivity contribution in [2.75, 3.05) is 23.7 Å². The molecule has 1 aromatic carbocycles. The van der Waals surface area contributed by atoms with Crippen molar-refractivity contribution in [2.45, 2.75) is 57.2 Å². The number of nitrogens with one attached hydrogen (secondary N) is 1. The first-order valence-corrected chi connectivity index (χ1v) is 11.1. The normalized spacial score (nSPS) is 29.8. The highest BCUT2D eigenvalue weighted by molar-refractivity contribution is 7.93. The molecule has 2 unspecified atom stereocenters. The van der Waals surface area contributed by atoms with Crippen LogP contribution in [0.4, 0.5) is 5.69 Å². The third-order valence-electron chi connectivity index (χ3n) is 6.14. The molecule has 0 spiro atoms. The number of fused-ring (bicyclic) bond motifs is 2. The third-order valence-corrected chi connectivity index (χ3v) is 8.01. The zero-order valence-corrected chi connectivity index (χ0v) is 16.3. The van der Waals surface area contributed by atoms with E-state index in [0.29, 0.717) is 36.3 Å². The van der Waals surface area contributed by atoms with Gasteiger partial charge in [-0.1, -0.05) is 0 Å². The van der Waals surface area contributed by atoms with Crippen molar-refractivity contribution in [1.29, 1.82) is 0 Å². The summed E-state index contributed by atoms with van der Waals surface area (Å²) in [5.74, 6) is 0.234. The molecule has 3 aliphatic heterocycles. The van der Waals surface area contributed by atoms with Gasteiger partial charge in [0.1, 0.15) is 0 Å². The van der Waals surface area contributed by atoms with E-state index in [1.165, 1.54) is 17.1 Å². The number of benzene rings is 1. The first-order chi connectivity index (χ1) is 12.3. The SMILES string of the molecule is Cc1cc(N2CCCS2(=O)=O)ccc1C(=O)N(C)C1CC2CCC(C1)N2. The molecule has 0 saturated carbocycles. The molecule has 1 aromatic rings. The maximum Gasteiger partial charge on any atom is 0.254 e. The summed E-state index contributed by atoms with van der Waals surface area (Å²) >= 11 is 0. The van der Waals surface area contributed by atoms with Crippen LogP contribution in [0.2, 0.25) is 0 Å². The number of hydrogen-bond acceptors (Lipinski definition) is 4. The van der Waals surface area contributed by atoms with Crippen LogP contribution in [0.5, 0.6) is 0 Å². The highest BCUT2D eigenvalue weighted by Crippen LogP contribution is 2.31.